The number of nitrogens with zero attached hydrogens (tertiary/aromatic N) is 3. The van der Waals surface area contributed by atoms with E-state index in [-0.39, 0.29) is 12.3 Å². The number of phenolic OH excluding ortho intramolecular Hbond substituents is 1. The van der Waals surface area contributed by atoms with Crippen LogP contribution >= 0.6 is 0 Å². The molecular formula is C9H12N4O2. The number of nitrogens with two attached hydrogens (primary N) is 1. The van der Waals surface area contributed by atoms with E-state index in [1.54, 1.807) is 12.1 Å². The second kappa shape index (κ2) is 5.74. The molecule has 1 aromatic carbocycles. The van der Waals surface area contributed by atoms with Gasteiger partial charge in [0.25, 0.3) is 0 Å². The number of hydrogen-bond acceptors (Lipinski definition) is 4. The molecule has 0 aromatic heterocycles. The SMILES string of the molecule is [N-]=[N+]=NCCOCc1cccc(O)c1N. The van der Waals surface area contributed by atoms with Crippen molar-refractivity contribution in [1.29, 1.82) is 0 Å². The van der Waals surface area contributed by atoms with E-state index in [1.165, 1.54) is 6.07 Å². The summed E-state index contributed by atoms with van der Waals surface area (Å²) < 4.78 is 5.20. The van der Waals surface area contributed by atoms with Crippen molar-refractivity contribution in [2.45, 2.75) is 6.61 Å². The normalized spacial score (nSPS) is 9.60. The molecule has 0 aliphatic heterocycles. The summed E-state index contributed by atoms with van der Waals surface area (Å²) in [6, 6.07) is 4.97. The molecule has 6 heteroatoms. The maximum atomic E-state index is 9.29. The second-order valence-corrected chi connectivity index (χ2v) is 2.86. The summed E-state index contributed by atoms with van der Waals surface area (Å²) in [6.45, 7) is 0.912. The Morgan fingerprint density at radius 3 is 3.07 bits per heavy atom. The average molecular weight is 208 g/mol. The van der Waals surface area contributed by atoms with E-state index < -0.39 is 0 Å². The Kier molecular flexibility index (Phi) is 4.28. The Balaban J connectivity index is 2.44. The van der Waals surface area contributed by atoms with E-state index in [4.69, 9.17) is 16.0 Å². The molecular weight excluding hydrogens is 196 g/mol. The third-order valence-electron chi connectivity index (χ3n) is 1.83. The van der Waals surface area contributed by atoms with Crippen LogP contribution in [-0.4, -0.2) is 18.3 Å². The molecule has 0 fully saturated rings. The minimum absolute atomic E-state index is 0.0474. The lowest BCUT2D eigenvalue weighted by atomic mass is 10.2. The van der Waals surface area contributed by atoms with E-state index >= 15 is 0 Å². The van der Waals surface area contributed by atoms with Crippen LogP contribution in [0.2, 0.25) is 0 Å². The molecule has 15 heavy (non-hydrogen) atoms. The highest BCUT2D eigenvalue weighted by molar-refractivity contribution is 5.57. The summed E-state index contributed by atoms with van der Waals surface area (Å²) in [4.78, 5) is 2.59. The van der Waals surface area contributed by atoms with Crippen LogP contribution in [0, 0.1) is 0 Å². The van der Waals surface area contributed by atoms with Gasteiger partial charge in [0.1, 0.15) is 5.75 Å². The molecule has 0 radical (unpaired) electrons. The first kappa shape index (κ1) is 11.2. The van der Waals surface area contributed by atoms with Crippen molar-refractivity contribution in [3.05, 3.63) is 34.2 Å². The average Bonchev–Trinajstić information content (AvgIpc) is 2.24. The zero-order chi connectivity index (χ0) is 11.1. The van der Waals surface area contributed by atoms with Crippen LogP contribution in [0.4, 0.5) is 5.69 Å². The first-order valence-electron chi connectivity index (χ1n) is 4.40. The van der Waals surface area contributed by atoms with E-state index in [2.05, 4.69) is 10.0 Å². The van der Waals surface area contributed by atoms with E-state index in [1.807, 2.05) is 0 Å². The number of para-hydroxylation sites is 1. The quantitative estimate of drug-likeness (QED) is 0.192. The van der Waals surface area contributed by atoms with Crippen LogP contribution in [-0.2, 0) is 11.3 Å². The molecule has 1 rings (SSSR count). The molecule has 0 unspecified atom stereocenters. The lowest BCUT2D eigenvalue weighted by Gasteiger charge is -2.07. The first-order chi connectivity index (χ1) is 7.25. The number of anilines is 1. The van der Waals surface area contributed by atoms with Gasteiger partial charge in [0.05, 0.1) is 18.9 Å². The monoisotopic (exact) mass is 208 g/mol. The molecule has 0 aliphatic rings. The van der Waals surface area contributed by atoms with Gasteiger partial charge < -0.3 is 15.6 Å². The molecule has 0 atom stereocenters. The smallest absolute Gasteiger partial charge is 0.138 e. The van der Waals surface area contributed by atoms with Gasteiger partial charge in [-0.1, -0.05) is 17.2 Å². The number of rotatable bonds is 5. The molecule has 0 spiro atoms. The summed E-state index contributed by atoms with van der Waals surface area (Å²) in [5.74, 6) is 0.0474. The Morgan fingerprint density at radius 2 is 2.33 bits per heavy atom. The largest absolute Gasteiger partial charge is 0.506 e. The van der Waals surface area contributed by atoms with Crippen molar-refractivity contribution in [3.63, 3.8) is 0 Å². The van der Waals surface area contributed by atoms with Crippen LogP contribution in [0.3, 0.4) is 0 Å². The number of hydrogen-bond donors (Lipinski definition) is 2. The van der Waals surface area contributed by atoms with Crippen LogP contribution in [0.5, 0.6) is 5.75 Å². The van der Waals surface area contributed by atoms with Gasteiger partial charge in [0.15, 0.2) is 0 Å². The fourth-order valence-corrected chi connectivity index (χ4v) is 1.06. The molecule has 0 saturated heterocycles. The fraction of sp³-hybridized carbons (Fsp3) is 0.333. The standard InChI is InChI=1S/C9H12N4O2/c10-9-7(2-1-3-8(9)14)6-15-5-4-12-13-11/h1-3,14H,4-6,10H2. The van der Waals surface area contributed by atoms with E-state index in [9.17, 15) is 5.11 Å². The number of azide groups is 1. The van der Waals surface area contributed by atoms with Crippen molar-refractivity contribution in [3.8, 4) is 5.75 Å². The highest BCUT2D eigenvalue weighted by Crippen LogP contribution is 2.23. The summed E-state index contributed by atoms with van der Waals surface area (Å²) in [7, 11) is 0. The molecule has 0 amide bonds. The van der Waals surface area contributed by atoms with Gasteiger partial charge in [-0.2, -0.15) is 0 Å². The topological polar surface area (TPSA) is 104 Å². The molecule has 0 aliphatic carbocycles. The van der Waals surface area contributed by atoms with Crippen molar-refractivity contribution >= 4 is 5.69 Å². The molecule has 80 valence electrons. The van der Waals surface area contributed by atoms with Gasteiger partial charge in [-0.05, 0) is 11.6 Å². The van der Waals surface area contributed by atoms with Gasteiger partial charge in [-0.15, -0.1) is 0 Å². The predicted octanol–water partition coefficient (Wildman–Crippen LogP) is 1.80. The third-order valence-corrected chi connectivity index (χ3v) is 1.83. The Morgan fingerprint density at radius 1 is 1.53 bits per heavy atom. The maximum Gasteiger partial charge on any atom is 0.138 e. The maximum absolute atomic E-state index is 9.29. The predicted molar refractivity (Wildman–Crippen MR) is 56.2 cm³/mol. The van der Waals surface area contributed by atoms with E-state index in [0.29, 0.717) is 18.9 Å². The lowest BCUT2D eigenvalue weighted by Crippen LogP contribution is -2.01. The van der Waals surface area contributed by atoms with Gasteiger partial charge in [0, 0.05) is 17.0 Å². The van der Waals surface area contributed by atoms with Crippen LogP contribution < -0.4 is 5.73 Å². The molecule has 0 bridgehead atoms. The molecule has 0 saturated carbocycles. The van der Waals surface area contributed by atoms with Gasteiger partial charge in [0.2, 0.25) is 0 Å². The zero-order valence-electron chi connectivity index (χ0n) is 8.13. The van der Waals surface area contributed by atoms with Gasteiger partial charge in [-0.25, -0.2) is 0 Å². The molecule has 6 nitrogen and oxygen atoms in total. The Hall–Kier alpha value is -1.91. The molecule has 1 aromatic rings. The Bertz CT molecular complexity index is 374. The van der Waals surface area contributed by atoms with Gasteiger partial charge in [-0.3, -0.25) is 0 Å². The van der Waals surface area contributed by atoms with Crippen LogP contribution in [0.25, 0.3) is 10.4 Å². The minimum Gasteiger partial charge on any atom is -0.506 e. The molecule has 0 heterocycles. The van der Waals surface area contributed by atoms with Crippen molar-refractivity contribution in [1.82, 2.24) is 0 Å². The highest BCUT2D eigenvalue weighted by atomic mass is 16.5. The fourth-order valence-electron chi connectivity index (χ4n) is 1.06. The lowest BCUT2D eigenvalue weighted by molar-refractivity contribution is 0.128. The highest BCUT2D eigenvalue weighted by Gasteiger charge is 2.02. The third kappa shape index (κ3) is 3.38. The first-order valence-corrected chi connectivity index (χ1v) is 4.40. The number of ether oxygens (including phenoxy) is 1. The summed E-state index contributed by atoms with van der Waals surface area (Å²) >= 11 is 0. The number of nitrogen functional groups attached to an aromatic ring is 1. The summed E-state index contributed by atoms with van der Waals surface area (Å²) in [5, 5.41) is 12.6. The summed E-state index contributed by atoms with van der Waals surface area (Å²) in [6.07, 6.45) is 0. The number of phenols is 1. The van der Waals surface area contributed by atoms with Crippen LogP contribution in [0.15, 0.2) is 23.3 Å². The number of aromatic hydroxyl groups is 1. The minimum atomic E-state index is 0.0474. The van der Waals surface area contributed by atoms with Gasteiger partial charge >= 0.3 is 0 Å². The zero-order valence-corrected chi connectivity index (χ0v) is 8.13. The Labute approximate surface area is 86.9 Å². The number of benzene rings is 1. The van der Waals surface area contributed by atoms with Crippen molar-refractivity contribution in [2.75, 3.05) is 18.9 Å². The van der Waals surface area contributed by atoms with Crippen LogP contribution in [0.1, 0.15) is 5.56 Å². The summed E-state index contributed by atoms with van der Waals surface area (Å²) in [5.41, 5.74) is 14.7. The van der Waals surface area contributed by atoms with Crippen molar-refractivity contribution in [2.24, 2.45) is 5.11 Å². The molecule has 3 N–H and O–H groups in total. The van der Waals surface area contributed by atoms with E-state index in [0.717, 1.165) is 5.56 Å². The van der Waals surface area contributed by atoms with Crippen molar-refractivity contribution < 1.29 is 9.84 Å². The second-order valence-electron chi connectivity index (χ2n) is 2.86.